The molecule has 12 heavy (non-hydrogen) atoms. The maximum absolute atomic E-state index is 11.1. The van der Waals surface area contributed by atoms with E-state index in [2.05, 4.69) is 5.32 Å². The van der Waals surface area contributed by atoms with E-state index in [-0.39, 0.29) is 12.5 Å². The molecule has 0 aromatic carbocycles. The highest BCUT2D eigenvalue weighted by molar-refractivity contribution is 5.76. The molecule has 0 aliphatic heterocycles. The molecule has 0 heterocycles. The minimum atomic E-state index is -0.494. The van der Waals surface area contributed by atoms with E-state index in [0.29, 0.717) is 19.4 Å². The number of carbonyl (C=O) groups is 1. The molecule has 0 radical (unpaired) electrons. The molecule has 4 N–H and O–H groups in total. The first kappa shape index (κ1) is 11.4. The lowest BCUT2D eigenvalue weighted by atomic mass is 10.0. The first-order valence-corrected chi connectivity index (χ1v) is 4.20. The zero-order chi connectivity index (χ0) is 9.61. The molecule has 0 saturated heterocycles. The van der Waals surface area contributed by atoms with Crippen molar-refractivity contribution >= 4 is 5.91 Å². The van der Waals surface area contributed by atoms with Gasteiger partial charge in [0.05, 0.1) is 12.1 Å². The molecule has 4 heteroatoms. The Balaban J connectivity index is 3.93. The average Bonchev–Trinajstić information content (AvgIpc) is 2.05. The van der Waals surface area contributed by atoms with E-state index in [4.69, 9.17) is 10.8 Å². The number of hydrogen-bond acceptors (Lipinski definition) is 3. The van der Waals surface area contributed by atoms with Crippen molar-refractivity contribution < 1.29 is 9.90 Å². The molecular formula is C8H18N2O2. The van der Waals surface area contributed by atoms with E-state index < -0.39 is 5.54 Å². The normalized spacial score (nSPS) is 15.3. The van der Waals surface area contributed by atoms with Gasteiger partial charge in [-0.15, -0.1) is 0 Å². The van der Waals surface area contributed by atoms with Crippen molar-refractivity contribution in [3.8, 4) is 0 Å². The van der Waals surface area contributed by atoms with E-state index in [1.807, 2.05) is 6.92 Å². The van der Waals surface area contributed by atoms with E-state index in [1.54, 1.807) is 6.92 Å². The second-order valence-electron chi connectivity index (χ2n) is 3.16. The van der Waals surface area contributed by atoms with Crippen molar-refractivity contribution in [3.63, 3.8) is 0 Å². The Bertz CT molecular complexity index is 144. The Labute approximate surface area is 73.1 Å². The molecule has 0 saturated carbocycles. The molecule has 72 valence electrons. The third-order valence-corrected chi connectivity index (χ3v) is 1.94. The molecule has 0 aromatic rings. The van der Waals surface area contributed by atoms with Crippen LogP contribution >= 0.6 is 0 Å². The first-order valence-electron chi connectivity index (χ1n) is 4.20. The van der Waals surface area contributed by atoms with Gasteiger partial charge in [-0.25, -0.2) is 0 Å². The van der Waals surface area contributed by atoms with E-state index in [1.165, 1.54) is 0 Å². The van der Waals surface area contributed by atoms with Gasteiger partial charge in [0.25, 0.3) is 0 Å². The van der Waals surface area contributed by atoms with E-state index >= 15 is 0 Å². The largest absolute Gasteiger partial charge is 0.394 e. The zero-order valence-electron chi connectivity index (χ0n) is 7.76. The number of carbonyl (C=O) groups excluding carboxylic acids is 1. The third-order valence-electron chi connectivity index (χ3n) is 1.94. The van der Waals surface area contributed by atoms with Crippen LogP contribution in [0.5, 0.6) is 0 Å². The summed E-state index contributed by atoms with van der Waals surface area (Å²) in [4.78, 5) is 11.1. The van der Waals surface area contributed by atoms with Gasteiger partial charge in [0.15, 0.2) is 0 Å². The highest BCUT2D eigenvalue weighted by Crippen LogP contribution is 2.07. The van der Waals surface area contributed by atoms with Gasteiger partial charge in [0.2, 0.25) is 5.91 Å². The predicted molar refractivity (Wildman–Crippen MR) is 47.6 cm³/mol. The van der Waals surface area contributed by atoms with Crippen molar-refractivity contribution in [1.82, 2.24) is 5.32 Å². The van der Waals surface area contributed by atoms with Crippen LogP contribution in [0.1, 0.15) is 26.7 Å². The maximum atomic E-state index is 11.1. The Kier molecular flexibility index (Phi) is 4.85. The summed E-state index contributed by atoms with van der Waals surface area (Å²) < 4.78 is 0. The number of amides is 1. The second-order valence-corrected chi connectivity index (χ2v) is 3.16. The van der Waals surface area contributed by atoms with Gasteiger partial charge in [0, 0.05) is 13.0 Å². The van der Waals surface area contributed by atoms with Crippen molar-refractivity contribution in [2.24, 2.45) is 5.73 Å². The molecule has 1 atom stereocenters. The fourth-order valence-electron chi connectivity index (χ4n) is 0.770. The number of nitrogens with two attached hydrogens (primary N) is 1. The lowest BCUT2D eigenvalue weighted by Crippen LogP contribution is -2.48. The van der Waals surface area contributed by atoms with Crippen molar-refractivity contribution in [2.75, 3.05) is 13.2 Å². The van der Waals surface area contributed by atoms with Gasteiger partial charge in [-0.05, 0) is 13.3 Å². The van der Waals surface area contributed by atoms with Crippen LogP contribution in [-0.2, 0) is 4.79 Å². The minimum absolute atomic E-state index is 0.0419. The molecular weight excluding hydrogens is 156 g/mol. The number of nitrogens with one attached hydrogen (secondary N) is 1. The third kappa shape index (κ3) is 3.69. The Morgan fingerprint density at radius 1 is 1.67 bits per heavy atom. The summed E-state index contributed by atoms with van der Waals surface area (Å²) in [5.74, 6) is -0.101. The number of rotatable bonds is 5. The standard InChI is InChI=1S/C8H18N2O2/c1-3-8(2,6-11)10-7(12)4-5-9/h11H,3-6,9H2,1-2H3,(H,10,12). The average molecular weight is 174 g/mol. The van der Waals surface area contributed by atoms with Gasteiger partial charge in [-0.1, -0.05) is 6.92 Å². The maximum Gasteiger partial charge on any atom is 0.221 e. The number of aliphatic hydroxyl groups excluding tert-OH is 1. The lowest BCUT2D eigenvalue weighted by Gasteiger charge is -2.27. The lowest BCUT2D eigenvalue weighted by molar-refractivity contribution is -0.123. The van der Waals surface area contributed by atoms with Crippen molar-refractivity contribution in [1.29, 1.82) is 0 Å². The fraction of sp³-hybridized carbons (Fsp3) is 0.875. The Hall–Kier alpha value is -0.610. The molecule has 0 rings (SSSR count). The molecule has 0 aliphatic rings. The van der Waals surface area contributed by atoms with Crippen LogP contribution in [0.3, 0.4) is 0 Å². The van der Waals surface area contributed by atoms with E-state index in [9.17, 15) is 4.79 Å². The Morgan fingerprint density at radius 2 is 2.25 bits per heavy atom. The minimum Gasteiger partial charge on any atom is -0.394 e. The molecule has 0 fully saturated rings. The van der Waals surface area contributed by atoms with Gasteiger partial charge in [0.1, 0.15) is 0 Å². The number of hydrogen-bond donors (Lipinski definition) is 3. The topological polar surface area (TPSA) is 75.3 Å². The highest BCUT2D eigenvalue weighted by Gasteiger charge is 2.22. The van der Waals surface area contributed by atoms with Crippen LogP contribution < -0.4 is 11.1 Å². The summed E-state index contributed by atoms with van der Waals surface area (Å²) in [7, 11) is 0. The summed E-state index contributed by atoms with van der Waals surface area (Å²) >= 11 is 0. The molecule has 4 nitrogen and oxygen atoms in total. The molecule has 0 spiro atoms. The summed E-state index contributed by atoms with van der Waals surface area (Å²) in [6.07, 6.45) is 1.02. The number of aliphatic hydroxyl groups is 1. The summed E-state index contributed by atoms with van der Waals surface area (Å²) in [5, 5.41) is 11.7. The monoisotopic (exact) mass is 174 g/mol. The molecule has 1 unspecified atom stereocenters. The van der Waals surface area contributed by atoms with Crippen LogP contribution in [0.15, 0.2) is 0 Å². The zero-order valence-corrected chi connectivity index (χ0v) is 7.76. The molecule has 1 amide bonds. The van der Waals surface area contributed by atoms with Gasteiger partial charge in [-0.3, -0.25) is 4.79 Å². The van der Waals surface area contributed by atoms with Crippen molar-refractivity contribution in [3.05, 3.63) is 0 Å². The summed E-state index contributed by atoms with van der Waals surface area (Å²) in [6, 6.07) is 0. The smallest absolute Gasteiger partial charge is 0.221 e. The summed E-state index contributed by atoms with van der Waals surface area (Å²) in [5.41, 5.74) is 4.71. The SMILES string of the molecule is CCC(C)(CO)NC(=O)CCN. The van der Waals surface area contributed by atoms with Gasteiger partial charge in [-0.2, -0.15) is 0 Å². The van der Waals surface area contributed by atoms with Crippen molar-refractivity contribution in [2.45, 2.75) is 32.2 Å². The summed E-state index contributed by atoms with van der Waals surface area (Å²) in [6.45, 7) is 4.03. The van der Waals surface area contributed by atoms with E-state index in [0.717, 1.165) is 0 Å². The predicted octanol–water partition coefficient (Wildman–Crippen LogP) is -0.388. The quantitative estimate of drug-likeness (QED) is 0.531. The molecule has 0 bridgehead atoms. The Morgan fingerprint density at radius 3 is 2.58 bits per heavy atom. The highest BCUT2D eigenvalue weighted by atomic mass is 16.3. The van der Waals surface area contributed by atoms with Crippen LogP contribution in [0.4, 0.5) is 0 Å². The molecule has 0 aromatic heterocycles. The molecule has 0 aliphatic carbocycles. The van der Waals surface area contributed by atoms with Crippen LogP contribution in [0.25, 0.3) is 0 Å². The van der Waals surface area contributed by atoms with Crippen LogP contribution in [-0.4, -0.2) is 29.7 Å². The van der Waals surface area contributed by atoms with Gasteiger partial charge < -0.3 is 16.2 Å². The van der Waals surface area contributed by atoms with Gasteiger partial charge >= 0.3 is 0 Å². The second kappa shape index (κ2) is 5.11. The van der Waals surface area contributed by atoms with Crippen LogP contribution in [0, 0.1) is 0 Å². The fourth-order valence-corrected chi connectivity index (χ4v) is 0.770. The van der Waals surface area contributed by atoms with Crippen LogP contribution in [0.2, 0.25) is 0 Å². The first-order chi connectivity index (χ1) is 5.58.